The molecule has 132 valence electrons. The summed E-state index contributed by atoms with van der Waals surface area (Å²) in [5.41, 5.74) is 2.90. The lowest BCUT2D eigenvalue weighted by atomic mass is 9.95. The monoisotopic (exact) mass is 341 g/mol. The van der Waals surface area contributed by atoms with Crippen LogP contribution in [0.4, 0.5) is 0 Å². The average Bonchev–Trinajstić information content (AvgIpc) is 3.11. The fourth-order valence-corrected chi connectivity index (χ4v) is 3.65. The number of carbonyl (C=O) groups excluding carboxylic acids is 1. The third-order valence-corrected chi connectivity index (χ3v) is 5.01. The van der Waals surface area contributed by atoms with Crippen molar-refractivity contribution in [2.45, 2.75) is 51.2 Å². The molecule has 1 fully saturated rings. The van der Waals surface area contributed by atoms with Crippen molar-refractivity contribution in [1.29, 1.82) is 0 Å². The average molecular weight is 341 g/mol. The molecule has 6 nitrogen and oxygen atoms in total. The van der Waals surface area contributed by atoms with Crippen LogP contribution in [0.5, 0.6) is 0 Å². The van der Waals surface area contributed by atoms with E-state index in [-0.39, 0.29) is 12.0 Å². The van der Waals surface area contributed by atoms with Gasteiger partial charge in [0.2, 0.25) is 5.76 Å². The maximum absolute atomic E-state index is 12.9. The number of hydrogen-bond acceptors (Lipinski definition) is 5. The number of aromatic nitrogens is 2. The van der Waals surface area contributed by atoms with E-state index in [9.17, 15) is 4.79 Å². The molecule has 0 aromatic carbocycles. The van der Waals surface area contributed by atoms with Gasteiger partial charge in [-0.3, -0.25) is 9.78 Å². The molecule has 0 bridgehead atoms. The summed E-state index contributed by atoms with van der Waals surface area (Å²) in [6.45, 7) is 1.82. The summed E-state index contributed by atoms with van der Waals surface area (Å²) in [5, 5.41) is 4.11. The number of ether oxygens (including phenoxy) is 1. The molecule has 1 atom stereocenters. The van der Waals surface area contributed by atoms with Crippen molar-refractivity contribution in [2.75, 3.05) is 13.1 Å². The number of likely N-dealkylation sites (tertiary alicyclic amines) is 1. The van der Waals surface area contributed by atoms with Crippen LogP contribution >= 0.6 is 0 Å². The Morgan fingerprint density at radius 2 is 2.20 bits per heavy atom. The van der Waals surface area contributed by atoms with Crippen molar-refractivity contribution >= 4 is 5.91 Å². The van der Waals surface area contributed by atoms with Crippen LogP contribution < -0.4 is 0 Å². The summed E-state index contributed by atoms with van der Waals surface area (Å²) in [5.74, 6) is 0.405. The van der Waals surface area contributed by atoms with Crippen LogP contribution in [-0.2, 0) is 24.2 Å². The van der Waals surface area contributed by atoms with Gasteiger partial charge in [0.1, 0.15) is 0 Å². The van der Waals surface area contributed by atoms with E-state index in [1.165, 1.54) is 0 Å². The van der Waals surface area contributed by atoms with Gasteiger partial charge < -0.3 is 14.2 Å². The Morgan fingerprint density at radius 1 is 1.28 bits per heavy atom. The highest BCUT2D eigenvalue weighted by Crippen LogP contribution is 2.26. The zero-order valence-corrected chi connectivity index (χ0v) is 14.3. The van der Waals surface area contributed by atoms with Gasteiger partial charge in [-0.2, -0.15) is 0 Å². The molecule has 0 spiro atoms. The molecule has 0 unspecified atom stereocenters. The lowest BCUT2D eigenvalue weighted by Crippen LogP contribution is -2.43. The van der Waals surface area contributed by atoms with E-state index in [2.05, 4.69) is 10.1 Å². The molecule has 0 radical (unpaired) electrons. The summed E-state index contributed by atoms with van der Waals surface area (Å²) in [7, 11) is 0. The summed E-state index contributed by atoms with van der Waals surface area (Å²) in [6, 6.07) is 5.80. The van der Waals surface area contributed by atoms with Crippen LogP contribution in [-0.4, -0.2) is 40.1 Å². The van der Waals surface area contributed by atoms with Crippen molar-refractivity contribution < 1.29 is 14.1 Å². The molecule has 0 saturated carbocycles. The van der Waals surface area contributed by atoms with E-state index in [0.717, 1.165) is 62.0 Å². The lowest BCUT2D eigenvalue weighted by Gasteiger charge is -2.32. The molecule has 2 aromatic rings. The first-order chi connectivity index (χ1) is 12.3. The van der Waals surface area contributed by atoms with E-state index >= 15 is 0 Å². The predicted octanol–water partition coefficient (Wildman–Crippen LogP) is 2.77. The Bertz CT molecular complexity index is 729. The first kappa shape index (κ1) is 16.3. The van der Waals surface area contributed by atoms with Crippen LogP contribution in [0.25, 0.3) is 0 Å². The predicted molar refractivity (Wildman–Crippen MR) is 91.1 cm³/mol. The van der Waals surface area contributed by atoms with Gasteiger partial charge in [-0.15, -0.1) is 0 Å². The molecular formula is C19H23N3O3. The fourth-order valence-electron chi connectivity index (χ4n) is 3.65. The molecule has 0 N–H and O–H groups in total. The Balaban J connectivity index is 1.39. The fraction of sp³-hybridized carbons (Fsp3) is 0.526. The van der Waals surface area contributed by atoms with Crippen LogP contribution in [0.1, 0.15) is 53.2 Å². The SMILES string of the molecule is O=C(c1onc2c1CCCC2)N1CCC[C@H](OCc2ccccn2)C1. The number of pyridine rings is 1. The quantitative estimate of drug-likeness (QED) is 0.855. The van der Waals surface area contributed by atoms with Gasteiger partial charge in [0.15, 0.2) is 0 Å². The van der Waals surface area contributed by atoms with Crippen LogP contribution in [0.15, 0.2) is 28.9 Å². The molecule has 1 aliphatic carbocycles. The van der Waals surface area contributed by atoms with Gasteiger partial charge in [0, 0.05) is 24.8 Å². The number of amides is 1. The minimum Gasteiger partial charge on any atom is -0.370 e. The van der Waals surface area contributed by atoms with Crippen molar-refractivity contribution in [1.82, 2.24) is 15.0 Å². The topological polar surface area (TPSA) is 68.5 Å². The largest absolute Gasteiger partial charge is 0.370 e. The smallest absolute Gasteiger partial charge is 0.292 e. The number of fused-ring (bicyclic) bond motifs is 1. The minimum absolute atomic E-state index is 0.0400. The zero-order valence-electron chi connectivity index (χ0n) is 14.3. The van der Waals surface area contributed by atoms with E-state index < -0.39 is 0 Å². The van der Waals surface area contributed by atoms with E-state index in [4.69, 9.17) is 9.26 Å². The highest BCUT2D eigenvalue weighted by Gasteiger charge is 2.31. The Hall–Kier alpha value is -2.21. The molecule has 2 aliphatic rings. The lowest BCUT2D eigenvalue weighted by molar-refractivity contribution is -0.00888. The Kier molecular flexibility index (Phi) is 4.78. The van der Waals surface area contributed by atoms with E-state index in [1.54, 1.807) is 6.20 Å². The summed E-state index contributed by atoms with van der Waals surface area (Å²) < 4.78 is 11.4. The standard InChI is InChI=1S/C19H23N3O3/c23-19(18-16-8-1-2-9-17(16)21-25-18)22-11-5-7-15(12-22)24-13-14-6-3-4-10-20-14/h3-4,6,10,15H,1-2,5,7-9,11-13H2/t15-/m0/s1. The number of carbonyl (C=O) groups is 1. The third kappa shape index (κ3) is 3.58. The molecule has 1 aliphatic heterocycles. The molecule has 2 aromatic heterocycles. The van der Waals surface area contributed by atoms with Gasteiger partial charge in [-0.1, -0.05) is 11.2 Å². The minimum atomic E-state index is -0.0400. The molecule has 4 rings (SSSR count). The molecule has 25 heavy (non-hydrogen) atoms. The van der Waals surface area contributed by atoms with Crippen LogP contribution in [0, 0.1) is 0 Å². The van der Waals surface area contributed by atoms with Crippen molar-refractivity contribution in [2.24, 2.45) is 0 Å². The van der Waals surface area contributed by atoms with E-state index in [0.29, 0.717) is 18.9 Å². The molecular weight excluding hydrogens is 318 g/mol. The first-order valence-electron chi connectivity index (χ1n) is 9.09. The summed E-state index contributed by atoms with van der Waals surface area (Å²) in [4.78, 5) is 19.0. The third-order valence-electron chi connectivity index (χ3n) is 5.01. The second-order valence-electron chi connectivity index (χ2n) is 6.79. The van der Waals surface area contributed by atoms with Gasteiger partial charge in [-0.25, -0.2) is 0 Å². The number of nitrogens with zero attached hydrogens (tertiary/aromatic N) is 3. The van der Waals surface area contributed by atoms with Gasteiger partial charge in [0.25, 0.3) is 5.91 Å². The Morgan fingerprint density at radius 3 is 3.08 bits per heavy atom. The van der Waals surface area contributed by atoms with E-state index in [1.807, 2.05) is 23.1 Å². The van der Waals surface area contributed by atoms with Crippen LogP contribution in [0.3, 0.4) is 0 Å². The van der Waals surface area contributed by atoms with Gasteiger partial charge in [0.05, 0.1) is 24.1 Å². The second-order valence-corrected chi connectivity index (χ2v) is 6.79. The van der Waals surface area contributed by atoms with Crippen molar-refractivity contribution in [3.63, 3.8) is 0 Å². The highest BCUT2D eigenvalue weighted by atomic mass is 16.5. The normalized spacial score (nSPS) is 20.3. The molecule has 1 saturated heterocycles. The first-order valence-corrected chi connectivity index (χ1v) is 9.09. The zero-order chi connectivity index (χ0) is 17.1. The van der Waals surface area contributed by atoms with Crippen molar-refractivity contribution in [3.05, 3.63) is 47.1 Å². The Labute approximate surface area is 147 Å². The molecule has 3 heterocycles. The number of aryl methyl sites for hydroxylation is 1. The van der Waals surface area contributed by atoms with Gasteiger partial charge in [-0.05, 0) is 50.7 Å². The summed E-state index contributed by atoms with van der Waals surface area (Å²) in [6.07, 6.45) is 7.75. The summed E-state index contributed by atoms with van der Waals surface area (Å²) >= 11 is 0. The number of rotatable bonds is 4. The van der Waals surface area contributed by atoms with Crippen LogP contribution in [0.2, 0.25) is 0 Å². The maximum Gasteiger partial charge on any atom is 0.292 e. The van der Waals surface area contributed by atoms with Crippen molar-refractivity contribution in [3.8, 4) is 0 Å². The number of hydrogen-bond donors (Lipinski definition) is 0. The molecule has 1 amide bonds. The second kappa shape index (κ2) is 7.35. The maximum atomic E-state index is 12.9. The van der Waals surface area contributed by atoms with Gasteiger partial charge >= 0.3 is 0 Å². The highest BCUT2D eigenvalue weighted by molar-refractivity contribution is 5.93. The molecule has 6 heteroatoms. The number of piperidine rings is 1.